The molecule has 2 aromatic heterocycles. The molecule has 3 rings (SSSR count). The third-order valence-electron chi connectivity index (χ3n) is 3.36. The Hall–Kier alpha value is -2.18. The molecular formula is C15H10Cl2FN3O2. The van der Waals surface area contributed by atoms with Crippen molar-refractivity contribution in [1.29, 1.82) is 0 Å². The highest BCUT2D eigenvalue weighted by Gasteiger charge is 2.19. The van der Waals surface area contributed by atoms with Gasteiger partial charge in [0.2, 0.25) is 0 Å². The number of carbonyl (C=O) groups is 1. The van der Waals surface area contributed by atoms with Gasteiger partial charge in [-0.15, -0.1) is 0 Å². The van der Waals surface area contributed by atoms with Gasteiger partial charge in [0.15, 0.2) is 17.9 Å². The van der Waals surface area contributed by atoms with Crippen molar-refractivity contribution >= 4 is 40.4 Å². The Kier molecular flexibility index (Phi) is 4.19. The third-order valence-corrected chi connectivity index (χ3v) is 3.96. The summed E-state index contributed by atoms with van der Waals surface area (Å²) in [7, 11) is 0. The minimum Gasteiger partial charge on any atom is -0.483 e. The molecule has 1 aromatic carbocycles. The lowest BCUT2D eigenvalue weighted by atomic mass is 10.1. The van der Waals surface area contributed by atoms with Crippen LogP contribution >= 0.6 is 23.2 Å². The number of aldehydes is 1. The number of ether oxygens (including phenoxy) is 1. The van der Waals surface area contributed by atoms with Gasteiger partial charge in [-0.05, 0) is 13.0 Å². The maximum atomic E-state index is 14.2. The SMILES string of the molecule is CC(Oc1cc2c(C=O)[nH]nc2cc1F)c1c(Cl)cncc1Cl. The summed E-state index contributed by atoms with van der Waals surface area (Å²) in [5, 5.41) is 7.50. The fourth-order valence-corrected chi connectivity index (χ4v) is 2.94. The van der Waals surface area contributed by atoms with Gasteiger partial charge in [0.05, 0.1) is 15.6 Å². The molecule has 23 heavy (non-hydrogen) atoms. The Morgan fingerprint density at radius 1 is 1.30 bits per heavy atom. The average Bonchev–Trinajstić information content (AvgIpc) is 2.89. The number of pyridine rings is 1. The van der Waals surface area contributed by atoms with Crippen molar-refractivity contribution in [2.45, 2.75) is 13.0 Å². The van der Waals surface area contributed by atoms with Gasteiger partial charge in [-0.3, -0.25) is 14.9 Å². The van der Waals surface area contributed by atoms with Crippen LogP contribution < -0.4 is 4.74 Å². The lowest BCUT2D eigenvalue weighted by molar-refractivity contribution is 0.112. The predicted molar refractivity (Wildman–Crippen MR) is 84.7 cm³/mol. The van der Waals surface area contributed by atoms with Crippen LogP contribution in [0.1, 0.15) is 29.1 Å². The molecule has 0 aliphatic heterocycles. The summed E-state index contributed by atoms with van der Waals surface area (Å²) >= 11 is 12.1. The van der Waals surface area contributed by atoms with Crippen LogP contribution in [0.4, 0.5) is 4.39 Å². The van der Waals surface area contributed by atoms with Gasteiger partial charge < -0.3 is 4.74 Å². The van der Waals surface area contributed by atoms with Crippen molar-refractivity contribution in [3.05, 3.63) is 51.6 Å². The van der Waals surface area contributed by atoms with Crippen LogP contribution in [0.15, 0.2) is 24.5 Å². The summed E-state index contributed by atoms with van der Waals surface area (Å²) in [6.45, 7) is 1.69. The summed E-state index contributed by atoms with van der Waals surface area (Å²) in [5.41, 5.74) is 1.09. The number of hydrogen-bond acceptors (Lipinski definition) is 4. The van der Waals surface area contributed by atoms with Gasteiger partial charge in [0.1, 0.15) is 11.8 Å². The van der Waals surface area contributed by atoms with Gasteiger partial charge >= 0.3 is 0 Å². The number of fused-ring (bicyclic) bond motifs is 1. The Balaban J connectivity index is 2.00. The lowest BCUT2D eigenvalue weighted by Gasteiger charge is -2.17. The molecule has 2 heterocycles. The van der Waals surface area contributed by atoms with Crippen molar-refractivity contribution in [2.24, 2.45) is 0 Å². The smallest absolute Gasteiger partial charge is 0.168 e. The summed E-state index contributed by atoms with van der Waals surface area (Å²) in [6.07, 6.45) is 2.86. The molecular weight excluding hydrogens is 344 g/mol. The van der Waals surface area contributed by atoms with Crippen molar-refractivity contribution in [3.8, 4) is 5.75 Å². The molecule has 8 heteroatoms. The lowest BCUT2D eigenvalue weighted by Crippen LogP contribution is -2.06. The topological polar surface area (TPSA) is 67.9 Å². The first kappa shape index (κ1) is 15.7. The predicted octanol–water partition coefficient (Wildman–Crippen LogP) is 4.36. The Bertz CT molecular complexity index is 878. The maximum Gasteiger partial charge on any atom is 0.168 e. The van der Waals surface area contributed by atoms with E-state index in [0.717, 1.165) is 0 Å². The molecule has 0 amide bonds. The minimum atomic E-state index is -0.614. The zero-order valence-corrected chi connectivity index (χ0v) is 13.3. The second-order valence-corrected chi connectivity index (χ2v) is 5.65. The van der Waals surface area contributed by atoms with Crippen LogP contribution in [0.3, 0.4) is 0 Å². The fourth-order valence-electron chi connectivity index (χ4n) is 2.27. The number of nitrogens with zero attached hydrogens (tertiary/aromatic N) is 2. The number of halogens is 3. The van der Waals surface area contributed by atoms with E-state index in [1.54, 1.807) is 6.92 Å². The molecule has 0 saturated heterocycles. The second-order valence-electron chi connectivity index (χ2n) is 4.83. The van der Waals surface area contributed by atoms with Gasteiger partial charge in [0, 0.05) is 29.4 Å². The summed E-state index contributed by atoms with van der Waals surface area (Å²) in [5.74, 6) is -0.631. The van der Waals surface area contributed by atoms with Crippen LogP contribution in [0.25, 0.3) is 10.9 Å². The zero-order valence-electron chi connectivity index (χ0n) is 11.8. The highest BCUT2D eigenvalue weighted by atomic mass is 35.5. The molecule has 1 N–H and O–H groups in total. The molecule has 0 aliphatic rings. The van der Waals surface area contributed by atoms with Gasteiger partial charge in [0.25, 0.3) is 0 Å². The Labute approximate surface area is 140 Å². The quantitative estimate of drug-likeness (QED) is 0.707. The van der Waals surface area contributed by atoms with Crippen molar-refractivity contribution in [1.82, 2.24) is 15.2 Å². The van der Waals surface area contributed by atoms with Crippen LogP contribution in [0.5, 0.6) is 5.75 Å². The number of rotatable bonds is 4. The van der Waals surface area contributed by atoms with Gasteiger partial charge in [-0.2, -0.15) is 5.10 Å². The van der Waals surface area contributed by atoms with Gasteiger partial charge in [-0.1, -0.05) is 23.2 Å². The van der Waals surface area contributed by atoms with Crippen molar-refractivity contribution in [2.75, 3.05) is 0 Å². The third kappa shape index (κ3) is 2.87. The van der Waals surface area contributed by atoms with E-state index in [1.807, 2.05) is 0 Å². The van der Waals surface area contributed by atoms with E-state index in [9.17, 15) is 9.18 Å². The molecule has 1 atom stereocenters. The number of hydrogen-bond donors (Lipinski definition) is 1. The molecule has 0 fully saturated rings. The molecule has 0 aliphatic carbocycles. The summed E-state index contributed by atoms with van der Waals surface area (Å²) in [6, 6.07) is 2.61. The molecule has 0 bridgehead atoms. The van der Waals surface area contributed by atoms with Crippen LogP contribution in [0, 0.1) is 5.82 Å². The standard InChI is InChI=1S/C15H10Cl2FN3O2/c1-7(15-9(16)4-19-5-10(15)17)23-14-2-8-12(3-11(14)18)20-21-13(8)6-22/h2-7H,1H3,(H,20,21). The van der Waals surface area contributed by atoms with Crippen LogP contribution in [0.2, 0.25) is 10.0 Å². The van der Waals surface area contributed by atoms with Crippen molar-refractivity contribution in [3.63, 3.8) is 0 Å². The Morgan fingerprint density at radius 3 is 2.65 bits per heavy atom. The molecule has 0 saturated carbocycles. The normalized spacial score (nSPS) is 12.3. The minimum absolute atomic E-state index is 0.0292. The molecule has 0 radical (unpaired) electrons. The summed E-state index contributed by atoms with van der Waals surface area (Å²) < 4.78 is 19.8. The number of aromatic nitrogens is 3. The first-order chi connectivity index (χ1) is 11.0. The van der Waals surface area contributed by atoms with E-state index in [0.29, 0.717) is 32.8 Å². The Morgan fingerprint density at radius 2 is 2.00 bits per heavy atom. The van der Waals surface area contributed by atoms with Crippen molar-refractivity contribution < 1.29 is 13.9 Å². The first-order valence-corrected chi connectivity index (χ1v) is 7.35. The first-order valence-electron chi connectivity index (χ1n) is 6.59. The molecule has 3 aromatic rings. The van der Waals surface area contributed by atoms with E-state index in [1.165, 1.54) is 24.5 Å². The average molecular weight is 354 g/mol. The molecule has 118 valence electrons. The van der Waals surface area contributed by atoms with E-state index < -0.39 is 11.9 Å². The molecule has 0 spiro atoms. The number of H-pyrrole nitrogens is 1. The monoisotopic (exact) mass is 353 g/mol. The van der Waals surface area contributed by atoms with Gasteiger partial charge in [-0.25, -0.2) is 4.39 Å². The molecule has 1 unspecified atom stereocenters. The maximum absolute atomic E-state index is 14.2. The number of nitrogens with one attached hydrogen (secondary N) is 1. The zero-order chi connectivity index (χ0) is 16.6. The number of carbonyl (C=O) groups excluding carboxylic acids is 1. The number of benzene rings is 1. The van der Waals surface area contributed by atoms with E-state index in [-0.39, 0.29) is 11.4 Å². The van der Waals surface area contributed by atoms with E-state index in [2.05, 4.69) is 15.2 Å². The summed E-state index contributed by atoms with van der Waals surface area (Å²) in [4.78, 5) is 14.8. The highest BCUT2D eigenvalue weighted by molar-refractivity contribution is 6.35. The largest absolute Gasteiger partial charge is 0.483 e. The van der Waals surface area contributed by atoms with Crippen LogP contribution in [-0.2, 0) is 0 Å². The van der Waals surface area contributed by atoms with E-state index >= 15 is 0 Å². The highest BCUT2D eigenvalue weighted by Crippen LogP contribution is 2.34. The van der Waals surface area contributed by atoms with E-state index in [4.69, 9.17) is 27.9 Å². The number of aromatic amines is 1. The second kappa shape index (κ2) is 6.14. The fraction of sp³-hybridized carbons (Fsp3) is 0.133. The molecule has 5 nitrogen and oxygen atoms in total. The van der Waals surface area contributed by atoms with Crippen LogP contribution in [-0.4, -0.2) is 21.5 Å².